The molecule has 1 aliphatic rings. The summed E-state index contributed by atoms with van der Waals surface area (Å²) in [4.78, 5) is 23.2. The number of hydrogen-bond donors (Lipinski definition) is 2. The van der Waals surface area contributed by atoms with Gasteiger partial charge in [-0.3, -0.25) is 10.0 Å². The summed E-state index contributed by atoms with van der Waals surface area (Å²) < 4.78 is 5.06. The van der Waals surface area contributed by atoms with E-state index in [1.165, 1.54) is 0 Å². The zero-order chi connectivity index (χ0) is 13.1. The van der Waals surface area contributed by atoms with Crippen molar-refractivity contribution in [2.75, 3.05) is 6.54 Å². The van der Waals surface area contributed by atoms with Crippen LogP contribution in [-0.2, 0) is 9.53 Å². The van der Waals surface area contributed by atoms with Crippen molar-refractivity contribution in [2.24, 2.45) is 0 Å². The quantitative estimate of drug-likeness (QED) is 0.681. The van der Waals surface area contributed by atoms with E-state index in [4.69, 9.17) is 4.74 Å². The van der Waals surface area contributed by atoms with Crippen LogP contribution in [0, 0.1) is 0 Å². The molecule has 1 aliphatic heterocycles. The second kappa shape index (κ2) is 5.35. The molecule has 0 aromatic heterocycles. The van der Waals surface area contributed by atoms with Crippen molar-refractivity contribution in [2.45, 2.75) is 51.7 Å². The van der Waals surface area contributed by atoms with Crippen LogP contribution < -0.4 is 5.32 Å². The van der Waals surface area contributed by atoms with E-state index >= 15 is 0 Å². The second-order valence-corrected chi connectivity index (χ2v) is 5.16. The number of ether oxygens (including phenoxy) is 1. The molecule has 1 fully saturated rings. The predicted molar refractivity (Wildman–Crippen MR) is 60.5 cm³/mol. The molecule has 1 heterocycles. The van der Waals surface area contributed by atoms with Gasteiger partial charge in [-0.25, -0.2) is 9.86 Å². The van der Waals surface area contributed by atoms with Gasteiger partial charge in [-0.1, -0.05) is 0 Å². The zero-order valence-electron chi connectivity index (χ0n) is 10.5. The molecule has 1 saturated heterocycles. The third kappa shape index (κ3) is 4.60. The van der Waals surface area contributed by atoms with Crippen molar-refractivity contribution in [3.8, 4) is 0 Å². The molecular weight excluding hydrogens is 224 g/mol. The molecule has 0 radical (unpaired) electrons. The fourth-order valence-electron chi connectivity index (χ4n) is 1.61. The van der Waals surface area contributed by atoms with Crippen LogP contribution in [0.25, 0.3) is 0 Å². The minimum atomic E-state index is -0.697. The summed E-state index contributed by atoms with van der Waals surface area (Å²) in [6.07, 6.45) is 1.40. The lowest BCUT2D eigenvalue weighted by Gasteiger charge is -2.23. The number of nitrogens with zero attached hydrogens (tertiary/aromatic N) is 1. The van der Waals surface area contributed by atoms with Crippen molar-refractivity contribution in [3.05, 3.63) is 0 Å². The highest BCUT2D eigenvalue weighted by Gasteiger charge is 2.29. The minimum absolute atomic E-state index is 0.311. The Bertz CT molecular complexity index is 298. The minimum Gasteiger partial charge on any atom is -0.444 e. The number of alkyl carbamates (subject to hydrolysis) is 1. The highest BCUT2D eigenvalue weighted by atomic mass is 16.6. The van der Waals surface area contributed by atoms with Crippen LogP contribution in [0.2, 0.25) is 0 Å². The van der Waals surface area contributed by atoms with Crippen molar-refractivity contribution in [3.63, 3.8) is 0 Å². The molecule has 0 aliphatic carbocycles. The Hall–Kier alpha value is -1.30. The fraction of sp³-hybridized carbons (Fsp3) is 0.818. The average Bonchev–Trinajstić information content (AvgIpc) is 2.30. The van der Waals surface area contributed by atoms with Crippen molar-refractivity contribution in [1.82, 2.24) is 10.4 Å². The molecule has 0 aromatic carbocycles. The number of carbonyl (C=O) groups excluding carboxylic acids is 2. The third-order valence-electron chi connectivity index (χ3n) is 2.36. The lowest BCUT2D eigenvalue weighted by Crippen LogP contribution is -2.47. The third-order valence-corrected chi connectivity index (χ3v) is 2.36. The summed E-state index contributed by atoms with van der Waals surface area (Å²) in [7, 11) is 0. The van der Waals surface area contributed by atoms with Gasteiger partial charge in [0.15, 0.2) is 0 Å². The Morgan fingerprint density at radius 1 is 1.47 bits per heavy atom. The SMILES string of the molecule is CC(C)(C)OC(=O)NC1CCCCN(O)C1=O. The molecule has 2 N–H and O–H groups in total. The Balaban J connectivity index is 2.54. The van der Waals surface area contributed by atoms with Crippen LogP contribution in [-0.4, -0.2) is 40.5 Å². The van der Waals surface area contributed by atoms with Crippen molar-refractivity contribution >= 4 is 12.0 Å². The average molecular weight is 244 g/mol. The monoisotopic (exact) mass is 244 g/mol. The van der Waals surface area contributed by atoms with Crippen molar-refractivity contribution in [1.29, 1.82) is 0 Å². The largest absolute Gasteiger partial charge is 0.444 e. The molecular formula is C11H20N2O4. The van der Waals surface area contributed by atoms with E-state index in [2.05, 4.69) is 5.32 Å². The number of hydrogen-bond acceptors (Lipinski definition) is 4. The number of amides is 2. The van der Waals surface area contributed by atoms with Gasteiger partial charge in [-0.2, -0.15) is 0 Å². The molecule has 1 rings (SSSR count). The second-order valence-electron chi connectivity index (χ2n) is 5.16. The maximum Gasteiger partial charge on any atom is 0.408 e. The summed E-state index contributed by atoms with van der Waals surface area (Å²) in [5.41, 5.74) is -0.600. The molecule has 6 nitrogen and oxygen atoms in total. The van der Waals surface area contributed by atoms with E-state index in [9.17, 15) is 14.8 Å². The molecule has 1 atom stereocenters. The first-order valence-electron chi connectivity index (χ1n) is 5.79. The molecule has 0 bridgehead atoms. The smallest absolute Gasteiger partial charge is 0.408 e. The Kier molecular flexibility index (Phi) is 4.34. The van der Waals surface area contributed by atoms with Gasteiger partial charge in [-0.05, 0) is 40.0 Å². The first-order valence-corrected chi connectivity index (χ1v) is 5.79. The van der Waals surface area contributed by atoms with Crippen LogP contribution >= 0.6 is 0 Å². The maximum atomic E-state index is 11.7. The standard InChI is InChI=1S/C11H20N2O4/c1-11(2,3)17-10(15)12-8-6-4-5-7-13(16)9(8)14/h8,16H,4-7H2,1-3H3,(H,12,15). The Morgan fingerprint density at radius 2 is 2.12 bits per heavy atom. The van der Waals surface area contributed by atoms with E-state index in [0.29, 0.717) is 18.0 Å². The maximum absolute atomic E-state index is 11.7. The summed E-state index contributed by atoms with van der Waals surface area (Å²) >= 11 is 0. The predicted octanol–water partition coefficient (Wildman–Crippen LogP) is 1.28. The normalized spacial score (nSPS) is 22.0. The van der Waals surface area contributed by atoms with Gasteiger partial charge in [0.05, 0.1) is 0 Å². The van der Waals surface area contributed by atoms with Crippen molar-refractivity contribution < 1.29 is 19.5 Å². The Morgan fingerprint density at radius 3 is 2.71 bits per heavy atom. The molecule has 0 spiro atoms. The molecule has 6 heteroatoms. The topological polar surface area (TPSA) is 78.9 Å². The molecule has 17 heavy (non-hydrogen) atoms. The van der Waals surface area contributed by atoms with Gasteiger partial charge in [0.1, 0.15) is 11.6 Å². The van der Waals surface area contributed by atoms with E-state index in [-0.39, 0.29) is 0 Å². The lowest BCUT2D eigenvalue weighted by molar-refractivity contribution is -0.166. The highest BCUT2D eigenvalue weighted by molar-refractivity contribution is 5.85. The fourth-order valence-corrected chi connectivity index (χ4v) is 1.61. The molecule has 0 saturated carbocycles. The van der Waals surface area contributed by atoms with E-state index in [1.54, 1.807) is 20.8 Å². The number of hydroxylamine groups is 2. The number of carbonyl (C=O) groups is 2. The summed E-state index contributed by atoms with van der Waals surface area (Å²) in [5, 5.41) is 12.5. The van der Waals surface area contributed by atoms with E-state index in [1.807, 2.05) is 0 Å². The number of nitrogens with one attached hydrogen (secondary N) is 1. The van der Waals surface area contributed by atoms with Gasteiger partial charge in [0.2, 0.25) is 0 Å². The highest BCUT2D eigenvalue weighted by Crippen LogP contribution is 2.12. The Labute approximate surface area is 101 Å². The molecule has 0 aromatic rings. The zero-order valence-corrected chi connectivity index (χ0v) is 10.5. The van der Waals surface area contributed by atoms with Crippen LogP contribution in [0.4, 0.5) is 4.79 Å². The van der Waals surface area contributed by atoms with Gasteiger partial charge < -0.3 is 10.1 Å². The van der Waals surface area contributed by atoms with Crippen LogP contribution in [0.1, 0.15) is 40.0 Å². The molecule has 1 unspecified atom stereocenters. The molecule has 2 amide bonds. The first kappa shape index (κ1) is 13.8. The van der Waals surface area contributed by atoms with E-state index in [0.717, 1.165) is 12.8 Å². The van der Waals surface area contributed by atoms with Crippen LogP contribution in [0.5, 0.6) is 0 Å². The first-order chi connectivity index (χ1) is 7.79. The van der Waals surface area contributed by atoms with Crippen LogP contribution in [0.15, 0.2) is 0 Å². The van der Waals surface area contributed by atoms with Gasteiger partial charge in [0, 0.05) is 6.54 Å². The van der Waals surface area contributed by atoms with E-state index < -0.39 is 23.6 Å². The number of rotatable bonds is 1. The molecule has 98 valence electrons. The van der Waals surface area contributed by atoms with Crippen LogP contribution in [0.3, 0.4) is 0 Å². The lowest BCUT2D eigenvalue weighted by atomic mass is 10.1. The summed E-state index contributed by atoms with van der Waals surface area (Å²) in [5.74, 6) is -0.478. The van der Waals surface area contributed by atoms with Gasteiger partial charge in [-0.15, -0.1) is 0 Å². The van der Waals surface area contributed by atoms with Gasteiger partial charge >= 0.3 is 6.09 Å². The van der Waals surface area contributed by atoms with Gasteiger partial charge in [0.25, 0.3) is 5.91 Å². The summed E-state index contributed by atoms with van der Waals surface area (Å²) in [6, 6.07) is -0.697. The summed E-state index contributed by atoms with van der Waals surface area (Å²) in [6.45, 7) is 5.56.